The largest absolute Gasteiger partial charge is 0.392 e. The van der Waals surface area contributed by atoms with Crippen molar-refractivity contribution in [2.24, 2.45) is 11.7 Å². The van der Waals surface area contributed by atoms with E-state index < -0.39 is 0 Å². The Bertz CT molecular complexity index is 349. The molecule has 0 saturated carbocycles. The first kappa shape index (κ1) is 11.5. The quantitative estimate of drug-likeness (QED) is 0.783. The lowest BCUT2D eigenvalue weighted by molar-refractivity contribution is 0.160. The van der Waals surface area contributed by atoms with Crippen LogP contribution in [0.25, 0.3) is 0 Å². The van der Waals surface area contributed by atoms with E-state index in [1.807, 2.05) is 6.20 Å². The van der Waals surface area contributed by atoms with Crippen LogP contribution < -0.4 is 5.73 Å². The molecule has 2 atom stereocenters. The molecule has 1 aliphatic rings. The van der Waals surface area contributed by atoms with Crippen molar-refractivity contribution < 1.29 is 0 Å². The fraction of sp³-hybridized carbons (Fsp3) is 0.636. The minimum atomic E-state index is 0.0141. The molecular weight excluding hydrogens is 220 g/mol. The molecule has 1 fully saturated rings. The molecule has 0 spiro atoms. The number of piperidine rings is 1. The van der Waals surface area contributed by atoms with Crippen LogP contribution in [0.1, 0.15) is 31.5 Å². The SMILES string of the molecule is CC1CCCN(C(C(N)=S)c2cnc[nH]2)C1. The molecule has 1 aliphatic heterocycles. The standard InChI is InChI=1S/C11H18N4S/c1-8-3-2-4-15(6-8)10(11(12)16)9-5-13-7-14-9/h5,7-8,10H,2-4,6H2,1H3,(H2,12,16)(H,13,14). The van der Waals surface area contributed by atoms with E-state index in [1.165, 1.54) is 12.8 Å². The summed E-state index contributed by atoms with van der Waals surface area (Å²) in [4.78, 5) is 10.0. The number of nitrogens with zero attached hydrogens (tertiary/aromatic N) is 2. The molecule has 0 radical (unpaired) electrons. The van der Waals surface area contributed by atoms with Crippen LogP contribution in [-0.2, 0) is 0 Å². The van der Waals surface area contributed by atoms with Gasteiger partial charge < -0.3 is 10.7 Å². The first-order chi connectivity index (χ1) is 7.68. The number of hydrogen-bond donors (Lipinski definition) is 2. The van der Waals surface area contributed by atoms with Gasteiger partial charge in [0.25, 0.3) is 0 Å². The third-order valence-corrected chi connectivity index (χ3v) is 3.36. The highest BCUT2D eigenvalue weighted by Crippen LogP contribution is 2.25. The summed E-state index contributed by atoms with van der Waals surface area (Å²) in [7, 11) is 0. The Labute approximate surface area is 101 Å². The lowest BCUT2D eigenvalue weighted by Gasteiger charge is -2.36. The summed E-state index contributed by atoms with van der Waals surface area (Å²) in [6.45, 7) is 4.39. The fourth-order valence-electron chi connectivity index (χ4n) is 2.41. The number of H-pyrrole nitrogens is 1. The van der Waals surface area contributed by atoms with Crippen LogP contribution in [0.3, 0.4) is 0 Å². The number of likely N-dealkylation sites (tertiary alicyclic amines) is 1. The number of rotatable bonds is 3. The predicted octanol–water partition coefficient (Wildman–Crippen LogP) is 1.47. The van der Waals surface area contributed by atoms with Crippen molar-refractivity contribution in [3.8, 4) is 0 Å². The molecule has 88 valence electrons. The van der Waals surface area contributed by atoms with Crippen LogP contribution in [-0.4, -0.2) is 32.9 Å². The predicted molar refractivity (Wildman–Crippen MR) is 68.1 cm³/mol. The van der Waals surface area contributed by atoms with Gasteiger partial charge in [0.1, 0.15) is 6.04 Å². The molecule has 1 aromatic heterocycles. The Morgan fingerprint density at radius 2 is 2.56 bits per heavy atom. The number of aromatic nitrogens is 2. The highest BCUT2D eigenvalue weighted by atomic mass is 32.1. The zero-order chi connectivity index (χ0) is 11.5. The summed E-state index contributed by atoms with van der Waals surface area (Å²) in [5.41, 5.74) is 6.85. The Morgan fingerprint density at radius 3 is 3.12 bits per heavy atom. The van der Waals surface area contributed by atoms with E-state index in [0.29, 0.717) is 10.9 Å². The van der Waals surface area contributed by atoms with E-state index in [9.17, 15) is 0 Å². The molecule has 2 unspecified atom stereocenters. The maximum Gasteiger partial charge on any atom is 0.102 e. The summed E-state index contributed by atoms with van der Waals surface area (Å²) in [6.07, 6.45) is 6.00. The smallest absolute Gasteiger partial charge is 0.102 e. The van der Waals surface area contributed by atoms with Gasteiger partial charge >= 0.3 is 0 Å². The van der Waals surface area contributed by atoms with Crippen molar-refractivity contribution in [1.29, 1.82) is 0 Å². The van der Waals surface area contributed by atoms with Crippen molar-refractivity contribution >= 4 is 17.2 Å². The maximum atomic E-state index is 5.85. The van der Waals surface area contributed by atoms with E-state index in [-0.39, 0.29) is 6.04 Å². The molecule has 5 heteroatoms. The first-order valence-electron chi connectivity index (χ1n) is 5.70. The van der Waals surface area contributed by atoms with E-state index in [0.717, 1.165) is 18.8 Å². The monoisotopic (exact) mass is 238 g/mol. The summed E-state index contributed by atoms with van der Waals surface area (Å²) in [6, 6.07) is 0.0141. The second-order valence-electron chi connectivity index (χ2n) is 4.55. The zero-order valence-electron chi connectivity index (χ0n) is 9.52. The average Bonchev–Trinajstić information content (AvgIpc) is 2.71. The molecule has 0 amide bonds. The van der Waals surface area contributed by atoms with Gasteiger partial charge in [0.05, 0.1) is 17.0 Å². The van der Waals surface area contributed by atoms with Crippen molar-refractivity contribution in [3.05, 3.63) is 18.2 Å². The Hall–Kier alpha value is -0.940. The average molecular weight is 238 g/mol. The Balaban J connectivity index is 2.16. The summed E-state index contributed by atoms with van der Waals surface area (Å²) >= 11 is 5.17. The topological polar surface area (TPSA) is 57.9 Å². The summed E-state index contributed by atoms with van der Waals surface area (Å²) in [5.74, 6) is 0.716. The lowest BCUT2D eigenvalue weighted by atomic mass is 9.98. The van der Waals surface area contributed by atoms with Crippen molar-refractivity contribution in [3.63, 3.8) is 0 Å². The Kier molecular flexibility index (Phi) is 3.56. The van der Waals surface area contributed by atoms with E-state index in [1.54, 1.807) is 6.33 Å². The second kappa shape index (κ2) is 4.93. The highest BCUT2D eigenvalue weighted by molar-refractivity contribution is 7.80. The van der Waals surface area contributed by atoms with Crippen molar-refractivity contribution in [2.45, 2.75) is 25.8 Å². The van der Waals surface area contributed by atoms with Gasteiger partial charge in [0.15, 0.2) is 0 Å². The van der Waals surface area contributed by atoms with Gasteiger partial charge in [0, 0.05) is 12.7 Å². The number of imidazole rings is 1. The molecule has 0 bridgehead atoms. The first-order valence-corrected chi connectivity index (χ1v) is 6.11. The number of thiocarbonyl (C=S) groups is 1. The Morgan fingerprint density at radius 1 is 1.75 bits per heavy atom. The number of aromatic amines is 1. The van der Waals surface area contributed by atoms with E-state index in [4.69, 9.17) is 18.0 Å². The maximum absolute atomic E-state index is 5.85. The van der Waals surface area contributed by atoms with Crippen LogP contribution in [0.15, 0.2) is 12.5 Å². The van der Waals surface area contributed by atoms with Crippen LogP contribution in [0.5, 0.6) is 0 Å². The fourth-order valence-corrected chi connectivity index (χ4v) is 2.68. The molecule has 2 rings (SSSR count). The third-order valence-electron chi connectivity index (χ3n) is 3.14. The molecule has 1 saturated heterocycles. The van der Waals surface area contributed by atoms with Gasteiger partial charge in [-0.05, 0) is 25.3 Å². The number of nitrogens with two attached hydrogens (primary N) is 1. The summed E-state index contributed by atoms with van der Waals surface area (Å²) < 4.78 is 0. The van der Waals surface area contributed by atoms with Gasteiger partial charge in [-0.1, -0.05) is 19.1 Å². The molecule has 4 nitrogen and oxygen atoms in total. The third kappa shape index (κ3) is 2.41. The van der Waals surface area contributed by atoms with Gasteiger partial charge in [-0.3, -0.25) is 4.90 Å². The van der Waals surface area contributed by atoms with Gasteiger partial charge in [0.2, 0.25) is 0 Å². The lowest BCUT2D eigenvalue weighted by Crippen LogP contribution is -2.42. The number of nitrogens with one attached hydrogen (secondary N) is 1. The molecule has 0 aliphatic carbocycles. The van der Waals surface area contributed by atoms with Crippen molar-refractivity contribution in [2.75, 3.05) is 13.1 Å². The van der Waals surface area contributed by atoms with Crippen molar-refractivity contribution in [1.82, 2.24) is 14.9 Å². The van der Waals surface area contributed by atoms with E-state index in [2.05, 4.69) is 21.8 Å². The van der Waals surface area contributed by atoms with Crippen LogP contribution in [0.4, 0.5) is 0 Å². The van der Waals surface area contributed by atoms with Gasteiger partial charge in [-0.15, -0.1) is 0 Å². The van der Waals surface area contributed by atoms with Crippen LogP contribution in [0, 0.1) is 5.92 Å². The van der Waals surface area contributed by atoms with Crippen LogP contribution in [0.2, 0.25) is 0 Å². The zero-order valence-corrected chi connectivity index (χ0v) is 10.3. The van der Waals surface area contributed by atoms with Gasteiger partial charge in [-0.2, -0.15) is 0 Å². The summed E-state index contributed by atoms with van der Waals surface area (Å²) in [5, 5.41) is 0. The second-order valence-corrected chi connectivity index (χ2v) is 5.03. The highest BCUT2D eigenvalue weighted by Gasteiger charge is 2.27. The van der Waals surface area contributed by atoms with E-state index >= 15 is 0 Å². The molecular formula is C11H18N4S. The number of hydrogen-bond acceptors (Lipinski definition) is 3. The molecule has 2 heterocycles. The minimum Gasteiger partial charge on any atom is -0.392 e. The molecule has 1 aromatic rings. The molecule has 16 heavy (non-hydrogen) atoms. The molecule has 3 N–H and O–H groups in total. The van der Waals surface area contributed by atoms with Crippen LogP contribution >= 0.6 is 12.2 Å². The minimum absolute atomic E-state index is 0.0141. The normalized spacial score (nSPS) is 24.2. The van der Waals surface area contributed by atoms with Gasteiger partial charge in [-0.25, -0.2) is 4.98 Å². The molecule has 0 aromatic carbocycles.